The van der Waals surface area contributed by atoms with E-state index in [1.54, 1.807) is 4.68 Å². The van der Waals surface area contributed by atoms with Crippen molar-refractivity contribution < 1.29 is 0 Å². The van der Waals surface area contributed by atoms with E-state index in [-0.39, 0.29) is 6.04 Å². The maximum Gasteiger partial charge on any atom is 0.0641 e. The van der Waals surface area contributed by atoms with Crippen LogP contribution in [0.5, 0.6) is 0 Å². The lowest BCUT2D eigenvalue weighted by atomic mass is 10.0. The third kappa shape index (κ3) is 3.43. The number of benzene rings is 1. The Hall–Kier alpha value is -2.12. The van der Waals surface area contributed by atoms with Crippen LogP contribution in [-0.4, -0.2) is 21.7 Å². The molecule has 0 saturated carbocycles. The van der Waals surface area contributed by atoms with Crippen molar-refractivity contribution in [1.29, 1.82) is 5.26 Å². The van der Waals surface area contributed by atoms with Gasteiger partial charge in [0.15, 0.2) is 0 Å². The molecule has 0 aliphatic rings. The summed E-state index contributed by atoms with van der Waals surface area (Å²) in [6.45, 7) is 0.787. The molecule has 0 bridgehead atoms. The maximum absolute atomic E-state index is 9.02. The maximum atomic E-state index is 9.02. The van der Waals surface area contributed by atoms with Crippen LogP contribution in [0.15, 0.2) is 42.7 Å². The van der Waals surface area contributed by atoms with E-state index in [2.05, 4.69) is 28.2 Å². The molecule has 1 unspecified atom stereocenters. The molecule has 0 saturated heterocycles. The lowest BCUT2D eigenvalue weighted by molar-refractivity contribution is 0.239. The zero-order valence-corrected chi connectivity index (χ0v) is 11.3. The minimum Gasteiger partial charge on any atom is -0.294 e. The van der Waals surface area contributed by atoms with Crippen molar-refractivity contribution in [3.63, 3.8) is 0 Å². The molecule has 2 aromatic rings. The summed E-state index contributed by atoms with van der Waals surface area (Å²) >= 11 is 0. The van der Waals surface area contributed by atoms with E-state index in [9.17, 15) is 0 Å². The van der Waals surface area contributed by atoms with Gasteiger partial charge >= 0.3 is 0 Å². The average molecular weight is 254 g/mol. The van der Waals surface area contributed by atoms with Crippen molar-refractivity contribution in [1.82, 2.24) is 14.7 Å². The van der Waals surface area contributed by atoms with E-state index in [4.69, 9.17) is 5.26 Å². The highest BCUT2D eigenvalue weighted by Gasteiger charge is 2.17. The fourth-order valence-electron chi connectivity index (χ4n) is 2.24. The van der Waals surface area contributed by atoms with Crippen LogP contribution in [0, 0.1) is 11.3 Å². The molecule has 1 aromatic carbocycles. The summed E-state index contributed by atoms with van der Waals surface area (Å²) < 4.78 is 1.80. The second-order valence-corrected chi connectivity index (χ2v) is 4.73. The van der Waals surface area contributed by atoms with Crippen LogP contribution >= 0.6 is 0 Å². The topological polar surface area (TPSA) is 44.9 Å². The van der Waals surface area contributed by atoms with E-state index in [0.29, 0.717) is 6.42 Å². The highest BCUT2D eigenvalue weighted by atomic mass is 15.2. The van der Waals surface area contributed by atoms with Gasteiger partial charge in [-0.15, -0.1) is 0 Å². The van der Waals surface area contributed by atoms with Gasteiger partial charge in [-0.1, -0.05) is 30.3 Å². The Kier molecular flexibility index (Phi) is 4.32. The van der Waals surface area contributed by atoms with E-state index < -0.39 is 0 Å². The van der Waals surface area contributed by atoms with E-state index in [0.717, 1.165) is 12.1 Å². The van der Waals surface area contributed by atoms with Crippen molar-refractivity contribution in [2.45, 2.75) is 19.0 Å². The predicted octanol–water partition coefficient (Wildman–Crippen LogP) is 2.51. The van der Waals surface area contributed by atoms with Crippen LogP contribution in [0.4, 0.5) is 0 Å². The first kappa shape index (κ1) is 13.3. The Morgan fingerprint density at radius 1 is 1.37 bits per heavy atom. The average Bonchev–Trinajstić information content (AvgIpc) is 2.82. The van der Waals surface area contributed by atoms with E-state index in [1.807, 2.05) is 44.7 Å². The van der Waals surface area contributed by atoms with Gasteiger partial charge in [-0.05, 0) is 12.6 Å². The molecule has 0 radical (unpaired) electrons. The molecule has 0 aliphatic heterocycles. The van der Waals surface area contributed by atoms with Crippen LogP contribution in [0.2, 0.25) is 0 Å². The Balaban J connectivity index is 2.13. The molecule has 0 aliphatic carbocycles. The zero-order valence-electron chi connectivity index (χ0n) is 11.3. The van der Waals surface area contributed by atoms with Gasteiger partial charge in [0, 0.05) is 31.4 Å². The molecule has 0 N–H and O–H groups in total. The van der Waals surface area contributed by atoms with Crippen molar-refractivity contribution in [2.75, 3.05) is 7.05 Å². The summed E-state index contributed by atoms with van der Waals surface area (Å²) in [5.41, 5.74) is 2.33. The molecule has 19 heavy (non-hydrogen) atoms. The molecule has 2 rings (SSSR count). The number of aryl methyl sites for hydroxylation is 1. The molecule has 1 atom stereocenters. The minimum absolute atomic E-state index is 0.117. The normalized spacial score (nSPS) is 12.3. The van der Waals surface area contributed by atoms with Gasteiger partial charge in [0.05, 0.1) is 18.7 Å². The molecule has 4 nitrogen and oxygen atoms in total. The Labute approximate surface area is 113 Å². The molecule has 0 amide bonds. The molecule has 0 fully saturated rings. The Morgan fingerprint density at radius 3 is 2.68 bits per heavy atom. The van der Waals surface area contributed by atoms with Crippen molar-refractivity contribution in [3.8, 4) is 6.07 Å². The zero-order chi connectivity index (χ0) is 13.7. The second-order valence-electron chi connectivity index (χ2n) is 4.73. The molecular formula is C15H18N4. The van der Waals surface area contributed by atoms with Gasteiger partial charge in [0.1, 0.15) is 0 Å². The molecule has 98 valence electrons. The summed E-state index contributed by atoms with van der Waals surface area (Å²) in [6, 6.07) is 12.6. The third-order valence-electron chi connectivity index (χ3n) is 3.19. The molecule has 0 spiro atoms. The number of nitriles is 1. The van der Waals surface area contributed by atoms with Crippen molar-refractivity contribution in [2.24, 2.45) is 7.05 Å². The first-order chi connectivity index (χ1) is 9.20. The Morgan fingerprint density at radius 2 is 2.11 bits per heavy atom. The van der Waals surface area contributed by atoms with Gasteiger partial charge in [-0.3, -0.25) is 9.58 Å². The van der Waals surface area contributed by atoms with Crippen LogP contribution in [0.1, 0.15) is 23.6 Å². The van der Waals surface area contributed by atoms with E-state index in [1.165, 1.54) is 5.56 Å². The SMILES string of the molecule is CN(Cc1cnn(C)c1)C(CC#N)c1ccccc1. The number of rotatable bonds is 5. The third-order valence-corrected chi connectivity index (χ3v) is 3.19. The number of hydrogen-bond donors (Lipinski definition) is 0. The lowest BCUT2D eigenvalue weighted by Gasteiger charge is -2.26. The fourth-order valence-corrected chi connectivity index (χ4v) is 2.24. The highest BCUT2D eigenvalue weighted by Crippen LogP contribution is 2.23. The highest BCUT2D eigenvalue weighted by molar-refractivity contribution is 5.20. The predicted molar refractivity (Wildman–Crippen MR) is 74.1 cm³/mol. The van der Waals surface area contributed by atoms with Gasteiger partial charge in [0.2, 0.25) is 0 Å². The minimum atomic E-state index is 0.117. The van der Waals surface area contributed by atoms with Crippen molar-refractivity contribution in [3.05, 3.63) is 53.9 Å². The lowest BCUT2D eigenvalue weighted by Crippen LogP contribution is -2.23. The molecule has 1 aromatic heterocycles. The first-order valence-electron chi connectivity index (χ1n) is 6.30. The standard InChI is InChI=1S/C15H18N4/c1-18(11-13-10-17-19(2)12-13)15(8-9-16)14-6-4-3-5-7-14/h3-7,10,12,15H,8,11H2,1-2H3. The van der Waals surface area contributed by atoms with Gasteiger partial charge in [0.25, 0.3) is 0 Å². The fraction of sp³-hybridized carbons (Fsp3) is 0.333. The van der Waals surface area contributed by atoms with Gasteiger partial charge in [-0.25, -0.2) is 0 Å². The Bertz CT molecular complexity index is 553. The number of nitrogens with zero attached hydrogens (tertiary/aromatic N) is 4. The van der Waals surface area contributed by atoms with Crippen LogP contribution in [0.25, 0.3) is 0 Å². The van der Waals surface area contributed by atoms with Crippen LogP contribution < -0.4 is 0 Å². The summed E-state index contributed by atoms with van der Waals surface area (Å²) in [4.78, 5) is 2.19. The monoisotopic (exact) mass is 254 g/mol. The summed E-state index contributed by atoms with van der Waals surface area (Å²) in [5.74, 6) is 0. The largest absolute Gasteiger partial charge is 0.294 e. The summed E-state index contributed by atoms with van der Waals surface area (Å²) in [7, 11) is 3.95. The summed E-state index contributed by atoms with van der Waals surface area (Å²) in [6.07, 6.45) is 4.36. The second kappa shape index (κ2) is 6.17. The smallest absolute Gasteiger partial charge is 0.0641 e. The molecule has 1 heterocycles. The van der Waals surface area contributed by atoms with Crippen LogP contribution in [0.3, 0.4) is 0 Å². The number of hydrogen-bond acceptors (Lipinski definition) is 3. The summed E-state index contributed by atoms with van der Waals surface area (Å²) in [5, 5.41) is 13.2. The molecular weight excluding hydrogens is 236 g/mol. The van der Waals surface area contributed by atoms with Crippen molar-refractivity contribution >= 4 is 0 Å². The van der Waals surface area contributed by atoms with Gasteiger partial charge < -0.3 is 0 Å². The number of aromatic nitrogens is 2. The van der Waals surface area contributed by atoms with Gasteiger partial charge in [-0.2, -0.15) is 10.4 Å². The van der Waals surface area contributed by atoms with Crippen LogP contribution in [-0.2, 0) is 13.6 Å². The quantitative estimate of drug-likeness (QED) is 0.823. The van der Waals surface area contributed by atoms with E-state index >= 15 is 0 Å². The first-order valence-corrected chi connectivity index (χ1v) is 6.30. The molecule has 4 heteroatoms.